The lowest BCUT2D eigenvalue weighted by atomic mass is 10.1. The molecule has 29 heavy (non-hydrogen) atoms. The molecular formula is C17H20N4O7S. The molecule has 0 unspecified atom stereocenters. The van der Waals surface area contributed by atoms with Gasteiger partial charge in [0.25, 0.3) is 0 Å². The van der Waals surface area contributed by atoms with E-state index in [9.17, 15) is 14.4 Å². The largest absolute Gasteiger partial charge is 0.463 e. The molecule has 0 N–H and O–H groups in total. The third kappa shape index (κ3) is 4.65. The molecule has 3 rings (SSSR count). The van der Waals surface area contributed by atoms with Crippen LogP contribution in [0.2, 0.25) is 0 Å². The van der Waals surface area contributed by atoms with Crippen LogP contribution < -0.4 is 0 Å². The van der Waals surface area contributed by atoms with E-state index in [1.807, 2.05) is 6.26 Å². The van der Waals surface area contributed by atoms with Crippen molar-refractivity contribution in [1.82, 2.24) is 19.7 Å². The van der Waals surface area contributed by atoms with Gasteiger partial charge in [0.1, 0.15) is 35.1 Å². The number of carbonyl (C=O) groups excluding carboxylic acids is 3. The Bertz CT molecular complexity index is 934. The first-order valence-corrected chi connectivity index (χ1v) is 9.89. The molecule has 2 aromatic rings. The van der Waals surface area contributed by atoms with Crippen molar-refractivity contribution in [3.8, 4) is 0 Å². The number of ether oxygens (including phenoxy) is 4. The summed E-state index contributed by atoms with van der Waals surface area (Å²) in [4.78, 5) is 42.9. The summed E-state index contributed by atoms with van der Waals surface area (Å²) in [5.74, 6) is -1.70. The van der Waals surface area contributed by atoms with Crippen LogP contribution >= 0.6 is 11.8 Å². The maximum absolute atomic E-state index is 11.7. The summed E-state index contributed by atoms with van der Waals surface area (Å²) < 4.78 is 23.1. The quantitative estimate of drug-likeness (QED) is 0.283. The molecule has 0 aromatic carbocycles. The molecule has 0 spiro atoms. The van der Waals surface area contributed by atoms with Crippen LogP contribution in [-0.2, 0) is 33.3 Å². The third-order valence-electron chi connectivity index (χ3n) is 4.08. The summed E-state index contributed by atoms with van der Waals surface area (Å²) in [5, 5.41) is 5.14. The molecule has 0 bridgehead atoms. The van der Waals surface area contributed by atoms with Crippen molar-refractivity contribution in [3.05, 3.63) is 12.5 Å². The first-order valence-electron chi connectivity index (χ1n) is 8.67. The molecular weight excluding hydrogens is 404 g/mol. The smallest absolute Gasteiger partial charge is 0.303 e. The molecule has 0 radical (unpaired) electrons. The zero-order valence-electron chi connectivity index (χ0n) is 16.2. The zero-order chi connectivity index (χ0) is 21.1. The second-order valence-corrected chi connectivity index (χ2v) is 7.04. The summed E-state index contributed by atoms with van der Waals surface area (Å²) in [6.07, 6.45) is 1.14. The zero-order valence-corrected chi connectivity index (χ0v) is 17.0. The van der Waals surface area contributed by atoms with Gasteiger partial charge in [0, 0.05) is 20.8 Å². The van der Waals surface area contributed by atoms with E-state index in [1.165, 1.54) is 43.5 Å². The number of fused-ring (bicyclic) bond motifs is 1. The summed E-state index contributed by atoms with van der Waals surface area (Å²) in [7, 11) is 0. The Hall–Kier alpha value is -2.73. The van der Waals surface area contributed by atoms with E-state index < -0.39 is 42.4 Å². The number of nitrogens with zero attached hydrogens (tertiary/aromatic N) is 4. The maximum atomic E-state index is 11.7. The summed E-state index contributed by atoms with van der Waals surface area (Å²) >= 11 is 1.41. The van der Waals surface area contributed by atoms with Gasteiger partial charge in [-0.15, -0.1) is 11.8 Å². The topological polar surface area (TPSA) is 132 Å². The van der Waals surface area contributed by atoms with Crippen LogP contribution in [0.3, 0.4) is 0 Å². The van der Waals surface area contributed by atoms with Gasteiger partial charge in [-0.05, 0) is 6.26 Å². The molecule has 0 aliphatic carbocycles. The van der Waals surface area contributed by atoms with Gasteiger partial charge in [-0.2, -0.15) is 5.10 Å². The lowest BCUT2D eigenvalue weighted by molar-refractivity contribution is -0.166. The number of rotatable bonds is 6. The van der Waals surface area contributed by atoms with E-state index in [-0.39, 0.29) is 6.61 Å². The average molecular weight is 424 g/mol. The Morgan fingerprint density at radius 1 is 1.10 bits per heavy atom. The number of carbonyl (C=O) groups is 3. The molecule has 4 atom stereocenters. The van der Waals surface area contributed by atoms with Gasteiger partial charge >= 0.3 is 17.9 Å². The molecule has 0 amide bonds. The van der Waals surface area contributed by atoms with Crippen LogP contribution in [0.1, 0.15) is 27.0 Å². The van der Waals surface area contributed by atoms with Crippen LogP contribution in [0.4, 0.5) is 0 Å². The van der Waals surface area contributed by atoms with Gasteiger partial charge in [-0.1, -0.05) is 0 Å². The van der Waals surface area contributed by atoms with Crippen molar-refractivity contribution in [3.63, 3.8) is 0 Å². The molecule has 1 fully saturated rings. The van der Waals surface area contributed by atoms with Crippen LogP contribution in [0.25, 0.3) is 11.0 Å². The third-order valence-corrected chi connectivity index (χ3v) is 4.77. The summed E-state index contributed by atoms with van der Waals surface area (Å²) in [6.45, 7) is 3.53. The lowest BCUT2D eigenvalue weighted by Crippen LogP contribution is -2.40. The minimum absolute atomic E-state index is 0.182. The Balaban J connectivity index is 1.99. The van der Waals surface area contributed by atoms with Crippen LogP contribution in [0.15, 0.2) is 17.6 Å². The van der Waals surface area contributed by atoms with Crippen molar-refractivity contribution in [2.75, 3.05) is 12.9 Å². The van der Waals surface area contributed by atoms with E-state index in [0.29, 0.717) is 16.1 Å². The normalized spacial score (nSPS) is 23.7. The van der Waals surface area contributed by atoms with Crippen LogP contribution in [0, 0.1) is 0 Å². The molecule has 1 aliphatic rings. The Morgan fingerprint density at radius 2 is 1.79 bits per heavy atom. The Labute approximate surface area is 170 Å². The van der Waals surface area contributed by atoms with E-state index in [0.717, 1.165) is 0 Å². The summed E-state index contributed by atoms with van der Waals surface area (Å²) in [5.41, 5.74) is 1.12. The number of thioether (sulfide) groups is 1. The molecule has 12 heteroatoms. The van der Waals surface area contributed by atoms with Crippen molar-refractivity contribution in [1.29, 1.82) is 0 Å². The fourth-order valence-electron chi connectivity index (χ4n) is 3.02. The van der Waals surface area contributed by atoms with E-state index in [2.05, 4.69) is 15.1 Å². The molecule has 11 nitrogen and oxygen atoms in total. The van der Waals surface area contributed by atoms with Gasteiger partial charge < -0.3 is 18.9 Å². The SMILES string of the molecule is CSc1ncnc2cn([C@@H]3O[C@H](COC(C)=O)[C@@H](OC(C)=O)[C@H]3OC(C)=O)nc12. The van der Waals surface area contributed by atoms with Crippen molar-refractivity contribution < 1.29 is 33.3 Å². The average Bonchev–Trinajstić information content (AvgIpc) is 3.21. The minimum atomic E-state index is -1.00. The standard InChI is InChI=1S/C17H20N4O7S/c1-8(22)25-6-12-14(26-9(2)23)15(27-10(3)24)17(28-12)21-5-11-13(20-21)16(29-4)19-7-18-11/h5,7,12,14-15,17H,6H2,1-4H3/t12-,14-,15-,17-/m1/s1. The first-order chi connectivity index (χ1) is 13.8. The number of esters is 3. The fourth-order valence-corrected chi connectivity index (χ4v) is 3.51. The van der Waals surface area contributed by atoms with Gasteiger partial charge in [0.15, 0.2) is 18.4 Å². The molecule has 0 saturated carbocycles. The first kappa shape index (κ1) is 21.0. The monoisotopic (exact) mass is 424 g/mol. The molecule has 3 heterocycles. The van der Waals surface area contributed by atoms with Gasteiger partial charge in [-0.25, -0.2) is 14.6 Å². The van der Waals surface area contributed by atoms with Crippen LogP contribution in [-0.4, -0.2) is 68.8 Å². The minimum Gasteiger partial charge on any atom is -0.463 e. The number of hydrogen-bond acceptors (Lipinski definition) is 11. The van der Waals surface area contributed by atoms with Gasteiger partial charge in [0.2, 0.25) is 0 Å². The highest BCUT2D eigenvalue weighted by molar-refractivity contribution is 7.98. The van der Waals surface area contributed by atoms with Crippen LogP contribution in [0.5, 0.6) is 0 Å². The van der Waals surface area contributed by atoms with E-state index >= 15 is 0 Å². The second-order valence-electron chi connectivity index (χ2n) is 6.24. The Kier molecular flexibility index (Phi) is 6.33. The number of hydrogen-bond donors (Lipinski definition) is 0. The predicted octanol–water partition coefficient (Wildman–Crippen LogP) is 0.872. The molecule has 2 aromatic heterocycles. The molecule has 1 saturated heterocycles. The van der Waals surface area contributed by atoms with E-state index in [1.54, 1.807) is 6.20 Å². The second kappa shape index (κ2) is 8.74. The lowest BCUT2D eigenvalue weighted by Gasteiger charge is -2.23. The molecule has 156 valence electrons. The highest BCUT2D eigenvalue weighted by atomic mass is 32.2. The van der Waals surface area contributed by atoms with Crippen molar-refractivity contribution >= 4 is 40.7 Å². The van der Waals surface area contributed by atoms with Gasteiger partial charge in [0.05, 0.1) is 6.20 Å². The van der Waals surface area contributed by atoms with Gasteiger partial charge in [-0.3, -0.25) is 14.4 Å². The van der Waals surface area contributed by atoms with E-state index in [4.69, 9.17) is 18.9 Å². The predicted molar refractivity (Wildman–Crippen MR) is 98.8 cm³/mol. The Morgan fingerprint density at radius 3 is 2.41 bits per heavy atom. The highest BCUT2D eigenvalue weighted by Gasteiger charge is 2.51. The van der Waals surface area contributed by atoms with Crippen molar-refractivity contribution in [2.24, 2.45) is 0 Å². The summed E-state index contributed by atoms with van der Waals surface area (Å²) in [6, 6.07) is 0. The molecule has 1 aliphatic heterocycles. The highest BCUT2D eigenvalue weighted by Crippen LogP contribution is 2.35. The number of aromatic nitrogens is 4. The van der Waals surface area contributed by atoms with Crippen molar-refractivity contribution in [2.45, 2.75) is 50.3 Å². The maximum Gasteiger partial charge on any atom is 0.303 e. The fraction of sp³-hybridized carbons (Fsp3) is 0.529.